The zero-order valence-electron chi connectivity index (χ0n) is 14.0. The fraction of sp³-hybridized carbons (Fsp3) is 0.400. The lowest BCUT2D eigenvalue weighted by molar-refractivity contribution is -0.950. The summed E-state index contributed by atoms with van der Waals surface area (Å²) in [6, 6.07) is 8.03. The van der Waals surface area contributed by atoms with Crippen LogP contribution in [0, 0.1) is 5.92 Å². The largest absolute Gasteiger partial charge is 0.497 e. The van der Waals surface area contributed by atoms with Crippen molar-refractivity contribution in [1.82, 2.24) is 4.98 Å². The highest BCUT2D eigenvalue weighted by Gasteiger charge is 2.46. The van der Waals surface area contributed by atoms with Crippen LogP contribution in [0.5, 0.6) is 5.75 Å². The zero-order valence-corrected chi connectivity index (χ0v) is 14.0. The first kappa shape index (κ1) is 15.3. The molecule has 124 valence electrons. The summed E-state index contributed by atoms with van der Waals surface area (Å²) in [7, 11) is 1.64. The van der Waals surface area contributed by atoms with E-state index in [1.807, 2.05) is 30.3 Å². The van der Waals surface area contributed by atoms with Crippen molar-refractivity contribution in [3.05, 3.63) is 48.7 Å². The molecule has 1 unspecified atom stereocenters. The summed E-state index contributed by atoms with van der Waals surface area (Å²) in [5.74, 6) is 1.65. The molecule has 0 saturated carbocycles. The number of carbonyl (C=O) groups is 1. The molecule has 0 spiro atoms. The van der Waals surface area contributed by atoms with Crippen molar-refractivity contribution in [2.75, 3.05) is 13.7 Å². The molecule has 1 aromatic carbocycles. The third-order valence-corrected chi connectivity index (χ3v) is 5.74. The number of methoxy groups -OCH3 is 1. The Bertz CT molecular complexity index is 801. The van der Waals surface area contributed by atoms with Gasteiger partial charge in [-0.05, 0) is 42.7 Å². The predicted octanol–water partition coefficient (Wildman–Crippen LogP) is 2.05. The number of nitrogens with zero attached hydrogens (tertiary/aromatic N) is 1. The van der Waals surface area contributed by atoms with Gasteiger partial charge in [-0.25, -0.2) is 0 Å². The van der Waals surface area contributed by atoms with Crippen LogP contribution in [-0.4, -0.2) is 36.5 Å². The number of hydrogen-bond acceptors (Lipinski definition) is 3. The van der Waals surface area contributed by atoms with Gasteiger partial charge in [-0.1, -0.05) is 6.58 Å². The number of fused-ring (bicyclic) bond motifs is 4. The number of ether oxygens (including phenoxy) is 1. The summed E-state index contributed by atoms with van der Waals surface area (Å²) in [6.45, 7) is 5.06. The van der Waals surface area contributed by atoms with E-state index in [9.17, 15) is 4.79 Å². The molecule has 3 fully saturated rings. The molecule has 3 saturated heterocycles. The third-order valence-electron chi connectivity index (χ3n) is 5.74. The lowest BCUT2D eigenvalue weighted by Crippen LogP contribution is -3.22. The maximum Gasteiger partial charge on any atom is 0.220 e. The first-order chi connectivity index (χ1) is 11.7. The lowest BCUT2D eigenvalue weighted by Gasteiger charge is -2.45. The minimum Gasteiger partial charge on any atom is -0.497 e. The molecule has 1 N–H and O–H groups in total. The Hall–Kier alpha value is -2.20. The highest BCUT2D eigenvalue weighted by atomic mass is 16.5. The van der Waals surface area contributed by atoms with E-state index in [2.05, 4.69) is 11.6 Å². The van der Waals surface area contributed by atoms with Crippen LogP contribution in [0.2, 0.25) is 0 Å². The fourth-order valence-electron chi connectivity index (χ4n) is 4.49. The van der Waals surface area contributed by atoms with Crippen LogP contribution in [0.25, 0.3) is 10.9 Å². The molecule has 4 heteroatoms. The molecular weight excluding hydrogens is 300 g/mol. The molecule has 4 heterocycles. The van der Waals surface area contributed by atoms with E-state index in [1.165, 1.54) is 17.7 Å². The summed E-state index contributed by atoms with van der Waals surface area (Å²) in [5.41, 5.74) is 1.61. The Kier molecular flexibility index (Phi) is 3.85. The van der Waals surface area contributed by atoms with Gasteiger partial charge in [-0.3, -0.25) is 9.78 Å². The number of quaternary nitrogens is 1. The van der Waals surface area contributed by atoms with E-state index in [0.29, 0.717) is 12.0 Å². The fourth-order valence-corrected chi connectivity index (χ4v) is 4.49. The number of benzene rings is 1. The average Bonchev–Trinajstić information content (AvgIpc) is 2.66. The first-order valence-corrected chi connectivity index (χ1v) is 8.66. The molecule has 4 nitrogen and oxygen atoms in total. The second-order valence-corrected chi connectivity index (χ2v) is 6.95. The van der Waals surface area contributed by atoms with Crippen LogP contribution in [0.3, 0.4) is 0 Å². The SMILES string of the molecule is C=C[C@@H]1C[C@H]2CC[NH+]1[C@H](C(=O)c1ccnc3ccc(OC)cc13)C2. The van der Waals surface area contributed by atoms with Crippen molar-refractivity contribution in [3.63, 3.8) is 0 Å². The smallest absolute Gasteiger partial charge is 0.220 e. The molecule has 24 heavy (non-hydrogen) atoms. The van der Waals surface area contributed by atoms with Gasteiger partial charge in [0.25, 0.3) is 0 Å². The molecule has 0 amide bonds. The topological polar surface area (TPSA) is 43.6 Å². The molecule has 5 rings (SSSR count). The highest BCUT2D eigenvalue weighted by Crippen LogP contribution is 2.29. The number of Topliss-reactive ketones (excluding diaryl/α,β-unsaturated/α-hetero) is 1. The molecule has 2 aromatic rings. The summed E-state index contributed by atoms with van der Waals surface area (Å²) < 4.78 is 5.33. The Labute approximate surface area is 142 Å². The van der Waals surface area contributed by atoms with Crippen LogP contribution in [0.15, 0.2) is 43.1 Å². The molecular formula is C20H23N2O2+. The maximum atomic E-state index is 13.3. The van der Waals surface area contributed by atoms with Crippen molar-refractivity contribution >= 4 is 16.7 Å². The molecule has 3 aliphatic rings. The summed E-state index contributed by atoms with van der Waals surface area (Å²) in [4.78, 5) is 19.1. The normalized spacial score (nSPS) is 28.7. The van der Waals surface area contributed by atoms with Crippen molar-refractivity contribution in [2.24, 2.45) is 5.92 Å². The van der Waals surface area contributed by atoms with E-state index < -0.39 is 0 Å². The van der Waals surface area contributed by atoms with E-state index >= 15 is 0 Å². The minimum atomic E-state index is 0.0392. The number of hydrogen-bond donors (Lipinski definition) is 1. The van der Waals surface area contributed by atoms with Gasteiger partial charge in [0.1, 0.15) is 11.8 Å². The summed E-state index contributed by atoms with van der Waals surface area (Å²) in [6.07, 6.45) is 7.17. The predicted molar refractivity (Wildman–Crippen MR) is 93.6 cm³/mol. The van der Waals surface area contributed by atoms with Gasteiger partial charge in [0.2, 0.25) is 5.78 Å². The molecule has 0 aliphatic carbocycles. The van der Waals surface area contributed by atoms with Gasteiger partial charge in [0.15, 0.2) is 6.04 Å². The molecule has 4 atom stereocenters. The third kappa shape index (κ3) is 2.42. The maximum absolute atomic E-state index is 13.3. The Balaban J connectivity index is 1.74. The number of aromatic nitrogens is 1. The Morgan fingerprint density at radius 2 is 2.25 bits per heavy atom. The van der Waals surface area contributed by atoms with Gasteiger partial charge < -0.3 is 9.64 Å². The standard InChI is InChI=1S/C20H22N2O2/c1-3-14-10-13-7-9-22(14)19(11-13)20(23)16-6-8-21-18-5-4-15(24-2)12-17(16)18/h3-6,8,12-14,19H,1,7,9-11H2,2H3/p+1/t13-,14-,19+/m1/s1. The monoisotopic (exact) mass is 323 g/mol. The summed E-state index contributed by atoms with van der Waals surface area (Å²) in [5, 5.41) is 0.888. The van der Waals surface area contributed by atoms with Crippen LogP contribution < -0.4 is 9.64 Å². The van der Waals surface area contributed by atoms with E-state index in [1.54, 1.807) is 13.3 Å². The van der Waals surface area contributed by atoms with Crippen LogP contribution in [-0.2, 0) is 0 Å². The quantitative estimate of drug-likeness (QED) is 0.692. The number of piperidine rings is 3. The Morgan fingerprint density at radius 1 is 1.38 bits per heavy atom. The van der Waals surface area contributed by atoms with E-state index in [-0.39, 0.29) is 11.8 Å². The number of carbonyl (C=O) groups excluding carboxylic acids is 1. The number of nitrogens with one attached hydrogen (secondary N) is 1. The second kappa shape index (κ2) is 6.02. The van der Waals surface area contributed by atoms with Crippen molar-refractivity contribution < 1.29 is 14.4 Å². The van der Waals surface area contributed by atoms with Gasteiger partial charge >= 0.3 is 0 Å². The highest BCUT2D eigenvalue weighted by molar-refractivity contribution is 6.09. The molecule has 1 aromatic heterocycles. The van der Waals surface area contributed by atoms with Crippen LogP contribution in [0.1, 0.15) is 29.6 Å². The van der Waals surface area contributed by atoms with Gasteiger partial charge in [-0.2, -0.15) is 0 Å². The average molecular weight is 323 g/mol. The van der Waals surface area contributed by atoms with Crippen LogP contribution in [0.4, 0.5) is 0 Å². The molecule has 2 bridgehead atoms. The second-order valence-electron chi connectivity index (χ2n) is 6.95. The van der Waals surface area contributed by atoms with Gasteiger partial charge in [0.05, 0.1) is 19.2 Å². The summed E-state index contributed by atoms with van der Waals surface area (Å²) >= 11 is 0. The van der Waals surface area contributed by atoms with Gasteiger partial charge in [-0.15, -0.1) is 0 Å². The van der Waals surface area contributed by atoms with E-state index in [4.69, 9.17) is 4.74 Å². The van der Waals surface area contributed by atoms with Crippen LogP contribution >= 0.6 is 0 Å². The molecule has 0 radical (unpaired) electrons. The van der Waals surface area contributed by atoms with Crippen molar-refractivity contribution in [3.8, 4) is 5.75 Å². The van der Waals surface area contributed by atoms with Crippen molar-refractivity contribution in [2.45, 2.75) is 31.3 Å². The van der Waals surface area contributed by atoms with Gasteiger partial charge in [0, 0.05) is 30.0 Å². The number of ketones is 1. The van der Waals surface area contributed by atoms with E-state index in [0.717, 1.165) is 35.2 Å². The first-order valence-electron chi connectivity index (χ1n) is 8.66. The number of rotatable bonds is 4. The molecule has 3 aliphatic heterocycles. The van der Waals surface area contributed by atoms with Crippen molar-refractivity contribution in [1.29, 1.82) is 0 Å². The number of pyridine rings is 1. The Morgan fingerprint density at radius 3 is 3.00 bits per heavy atom. The zero-order chi connectivity index (χ0) is 16.7. The minimum absolute atomic E-state index is 0.0392. The lowest BCUT2D eigenvalue weighted by atomic mass is 9.76.